The molecule has 1 aromatic heterocycles. The van der Waals surface area contributed by atoms with E-state index in [1.165, 1.54) is 19.4 Å². The van der Waals surface area contributed by atoms with Gasteiger partial charge in [-0.1, -0.05) is 12.1 Å². The standard InChI is InChI=1S/C14H16N2O4S2/c1-3-20-12-7-4-6-11(14(12)19-2)10-15-16-22(17,18)13-8-5-9-21-13/h4-10,16H,3H2,1-2H3/b15-10+. The lowest BCUT2D eigenvalue weighted by Crippen LogP contribution is -2.17. The molecule has 2 aromatic rings. The Hall–Kier alpha value is -2.06. The fourth-order valence-corrected chi connectivity index (χ4v) is 3.52. The number of methoxy groups -OCH3 is 1. The van der Waals surface area contributed by atoms with Gasteiger partial charge in [-0.05, 0) is 30.5 Å². The average Bonchev–Trinajstić information content (AvgIpc) is 3.03. The number of benzene rings is 1. The monoisotopic (exact) mass is 340 g/mol. The highest BCUT2D eigenvalue weighted by Gasteiger charge is 2.13. The summed E-state index contributed by atoms with van der Waals surface area (Å²) in [6, 6.07) is 8.48. The molecule has 1 heterocycles. The van der Waals surface area contributed by atoms with Crippen molar-refractivity contribution in [1.29, 1.82) is 0 Å². The van der Waals surface area contributed by atoms with Gasteiger partial charge in [0.1, 0.15) is 4.21 Å². The molecule has 1 aromatic carbocycles. The Balaban J connectivity index is 2.19. The van der Waals surface area contributed by atoms with Gasteiger partial charge in [0.25, 0.3) is 10.0 Å². The summed E-state index contributed by atoms with van der Waals surface area (Å²) in [6.45, 7) is 2.37. The fraction of sp³-hybridized carbons (Fsp3) is 0.214. The van der Waals surface area contributed by atoms with E-state index in [0.29, 0.717) is 23.7 Å². The van der Waals surface area contributed by atoms with Gasteiger partial charge in [0.05, 0.1) is 19.9 Å². The Labute approximate surface area is 133 Å². The molecule has 8 heteroatoms. The molecular formula is C14H16N2O4S2. The second-order valence-corrected chi connectivity index (χ2v) is 6.93. The van der Waals surface area contributed by atoms with Crippen LogP contribution in [0.4, 0.5) is 0 Å². The van der Waals surface area contributed by atoms with Gasteiger partial charge in [-0.15, -0.1) is 11.3 Å². The van der Waals surface area contributed by atoms with Crippen LogP contribution >= 0.6 is 11.3 Å². The Morgan fingerprint density at radius 3 is 2.77 bits per heavy atom. The second-order valence-electron chi connectivity index (χ2n) is 4.10. The van der Waals surface area contributed by atoms with E-state index in [4.69, 9.17) is 9.47 Å². The number of nitrogens with one attached hydrogen (secondary N) is 1. The number of nitrogens with zero attached hydrogens (tertiary/aromatic N) is 1. The number of para-hydroxylation sites is 1. The third-order valence-electron chi connectivity index (χ3n) is 2.65. The minimum atomic E-state index is -3.63. The predicted octanol–water partition coefficient (Wildman–Crippen LogP) is 2.47. The van der Waals surface area contributed by atoms with Crippen LogP contribution in [0, 0.1) is 0 Å². The summed E-state index contributed by atoms with van der Waals surface area (Å²) >= 11 is 1.12. The number of sulfonamides is 1. The summed E-state index contributed by atoms with van der Waals surface area (Å²) in [5.41, 5.74) is 0.613. The quantitative estimate of drug-likeness (QED) is 0.620. The van der Waals surface area contributed by atoms with Crippen LogP contribution in [-0.2, 0) is 10.0 Å². The predicted molar refractivity (Wildman–Crippen MR) is 86.4 cm³/mol. The lowest BCUT2D eigenvalue weighted by molar-refractivity contribution is 0.310. The largest absolute Gasteiger partial charge is 0.492 e. The van der Waals surface area contributed by atoms with Crippen LogP contribution < -0.4 is 14.3 Å². The maximum absolute atomic E-state index is 11.9. The van der Waals surface area contributed by atoms with Crippen LogP contribution in [-0.4, -0.2) is 28.3 Å². The van der Waals surface area contributed by atoms with Crippen LogP contribution in [0.25, 0.3) is 0 Å². The molecule has 0 saturated heterocycles. The lowest BCUT2D eigenvalue weighted by atomic mass is 10.2. The van der Waals surface area contributed by atoms with Crippen molar-refractivity contribution < 1.29 is 17.9 Å². The van der Waals surface area contributed by atoms with Crippen LogP contribution in [0.15, 0.2) is 45.0 Å². The summed E-state index contributed by atoms with van der Waals surface area (Å²) in [7, 11) is -2.11. The highest BCUT2D eigenvalue weighted by Crippen LogP contribution is 2.29. The van der Waals surface area contributed by atoms with Gasteiger partial charge in [-0.2, -0.15) is 18.4 Å². The maximum Gasteiger partial charge on any atom is 0.286 e. The SMILES string of the molecule is CCOc1cccc(/C=N/NS(=O)(=O)c2cccs2)c1OC. The molecule has 0 aliphatic rings. The normalized spacial score (nSPS) is 11.5. The summed E-state index contributed by atoms with van der Waals surface area (Å²) in [5, 5.41) is 5.47. The van der Waals surface area contributed by atoms with Crippen LogP contribution in [0.1, 0.15) is 12.5 Å². The minimum Gasteiger partial charge on any atom is -0.492 e. The van der Waals surface area contributed by atoms with Gasteiger partial charge >= 0.3 is 0 Å². The van der Waals surface area contributed by atoms with Crippen molar-refractivity contribution in [1.82, 2.24) is 4.83 Å². The summed E-state index contributed by atoms with van der Waals surface area (Å²) < 4.78 is 34.8. The Kier molecular flexibility index (Phi) is 5.40. The smallest absolute Gasteiger partial charge is 0.286 e. The van der Waals surface area contributed by atoms with Crippen molar-refractivity contribution in [2.24, 2.45) is 5.10 Å². The minimum absolute atomic E-state index is 0.208. The van der Waals surface area contributed by atoms with Gasteiger partial charge in [-0.3, -0.25) is 0 Å². The molecule has 0 unspecified atom stereocenters. The van der Waals surface area contributed by atoms with E-state index in [9.17, 15) is 8.42 Å². The van der Waals surface area contributed by atoms with Crippen LogP contribution in [0.2, 0.25) is 0 Å². The number of hydrogen-bond donors (Lipinski definition) is 1. The first-order chi connectivity index (χ1) is 10.6. The first-order valence-corrected chi connectivity index (χ1v) is 8.83. The Morgan fingerprint density at radius 2 is 2.14 bits per heavy atom. The van der Waals surface area contributed by atoms with E-state index in [1.807, 2.05) is 6.92 Å². The summed E-state index contributed by atoms with van der Waals surface area (Å²) in [4.78, 5) is 2.17. The number of rotatable bonds is 7. The van der Waals surface area contributed by atoms with E-state index < -0.39 is 10.0 Å². The van der Waals surface area contributed by atoms with Crippen molar-refractivity contribution in [3.05, 3.63) is 41.3 Å². The first-order valence-electron chi connectivity index (χ1n) is 6.46. The molecule has 118 valence electrons. The molecule has 0 aliphatic carbocycles. The molecule has 0 atom stereocenters. The van der Waals surface area contributed by atoms with Crippen molar-refractivity contribution in [2.45, 2.75) is 11.1 Å². The Morgan fingerprint density at radius 1 is 1.32 bits per heavy atom. The molecule has 2 rings (SSSR count). The summed E-state index contributed by atoms with van der Waals surface area (Å²) in [5.74, 6) is 1.08. The number of hydrogen-bond acceptors (Lipinski definition) is 6. The zero-order valence-corrected chi connectivity index (χ0v) is 13.8. The molecule has 0 spiro atoms. The van der Waals surface area contributed by atoms with Gasteiger partial charge in [0.15, 0.2) is 11.5 Å². The zero-order valence-electron chi connectivity index (χ0n) is 12.1. The van der Waals surface area contributed by atoms with Crippen LogP contribution in [0.3, 0.4) is 0 Å². The molecular weight excluding hydrogens is 324 g/mol. The van der Waals surface area contributed by atoms with E-state index in [0.717, 1.165) is 11.3 Å². The van der Waals surface area contributed by atoms with Gasteiger partial charge in [0, 0.05) is 5.56 Å². The second kappa shape index (κ2) is 7.28. The molecule has 6 nitrogen and oxygen atoms in total. The Bertz CT molecular complexity index is 740. The number of hydrazone groups is 1. The summed E-state index contributed by atoms with van der Waals surface area (Å²) in [6.07, 6.45) is 1.38. The molecule has 0 bridgehead atoms. The van der Waals surface area contributed by atoms with E-state index in [1.54, 1.807) is 29.6 Å². The van der Waals surface area contributed by atoms with Crippen molar-refractivity contribution in [3.63, 3.8) is 0 Å². The molecule has 0 radical (unpaired) electrons. The molecule has 0 fully saturated rings. The van der Waals surface area contributed by atoms with E-state index in [2.05, 4.69) is 9.93 Å². The first kappa shape index (κ1) is 16.3. The number of ether oxygens (including phenoxy) is 2. The lowest BCUT2D eigenvalue weighted by Gasteiger charge is -2.11. The topological polar surface area (TPSA) is 77.0 Å². The van der Waals surface area contributed by atoms with Crippen molar-refractivity contribution >= 4 is 27.6 Å². The number of thiophene rings is 1. The molecule has 0 aliphatic heterocycles. The zero-order chi connectivity index (χ0) is 16.0. The van der Waals surface area contributed by atoms with Gasteiger partial charge in [-0.25, -0.2) is 0 Å². The van der Waals surface area contributed by atoms with Crippen LogP contribution in [0.5, 0.6) is 11.5 Å². The van der Waals surface area contributed by atoms with E-state index in [-0.39, 0.29) is 4.21 Å². The van der Waals surface area contributed by atoms with Gasteiger partial charge in [0.2, 0.25) is 0 Å². The highest BCUT2D eigenvalue weighted by molar-refractivity contribution is 7.91. The maximum atomic E-state index is 11.9. The van der Waals surface area contributed by atoms with E-state index >= 15 is 0 Å². The molecule has 1 N–H and O–H groups in total. The molecule has 0 amide bonds. The third-order valence-corrected chi connectivity index (χ3v) is 5.27. The highest BCUT2D eigenvalue weighted by atomic mass is 32.2. The average molecular weight is 340 g/mol. The molecule has 0 saturated carbocycles. The third kappa shape index (κ3) is 3.77. The fourth-order valence-electron chi connectivity index (χ4n) is 1.75. The van der Waals surface area contributed by atoms with Crippen molar-refractivity contribution in [2.75, 3.05) is 13.7 Å². The van der Waals surface area contributed by atoms with Crippen molar-refractivity contribution in [3.8, 4) is 11.5 Å². The van der Waals surface area contributed by atoms with Gasteiger partial charge < -0.3 is 9.47 Å². The molecule has 22 heavy (non-hydrogen) atoms.